The van der Waals surface area contributed by atoms with E-state index in [1.165, 1.54) is 32.3 Å². The van der Waals surface area contributed by atoms with Gasteiger partial charge in [-0.1, -0.05) is 42.0 Å². The molecule has 1 aromatic heterocycles. The first-order valence-corrected chi connectivity index (χ1v) is 8.26. The molecule has 3 rings (SSSR count). The lowest BCUT2D eigenvalue weighted by atomic mass is 9.95. The Labute approximate surface area is 130 Å². The van der Waals surface area contributed by atoms with Crippen molar-refractivity contribution in [2.45, 2.75) is 26.3 Å². The van der Waals surface area contributed by atoms with Gasteiger partial charge in [-0.25, -0.2) is 0 Å². The number of rotatable bonds is 4. The Morgan fingerprint density at radius 2 is 1.90 bits per heavy atom. The van der Waals surface area contributed by atoms with E-state index in [4.69, 9.17) is 0 Å². The molecule has 2 aromatic carbocycles. The van der Waals surface area contributed by atoms with Crippen LogP contribution >= 0.6 is 11.3 Å². The van der Waals surface area contributed by atoms with E-state index in [0.29, 0.717) is 6.04 Å². The summed E-state index contributed by atoms with van der Waals surface area (Å²) in [4.78, 5) is 0. The molecule has 1 atom stereocenters. The van der Waals surface area contributed by atoms with Crippen LogP contribution in [0.25, 0.3) is 10.1 Å². The fourth-order valence-electron chi connectivity index (χ4n) is 2.88. The van der Waals surface area contributed by atoms with E-state index in [1.54, 1.807) is 0 Å². The lowest BCUT2D eigenvalue weighted by molar-refractivity contribution is 0.596. The van der Waals surface area contributed by atoms with E-state index in [0.717, 1.165) is 6.42 Å². The summed E-state index contributed by atoms with van der Waals surface area (Å²) in [6.07, 6.45) is 1.03. The minimum absolute atomic E-state index is 0.363. The molecule has 0 radical (unpaired) electrons. The summed E-state index contributed by atoms with van der Waals surface area (Å²) in [6, 6.07) is 15.8. The molecule has 0 aliphatic rings. The van der Waals surface area contributed by atoms with E-state index in [-0.39, 0.29) is 0 Å². The Morgan fingerprint density at radius 1 is 1.10 bits per heavy atom. The molecule has 0 spiro atoms. The number of fused-ring (bicyclic) bond motifs is 1. The molecule has 108 valence electrons. The topological polar surface area (TPSA) is 12.0 Å². The second-order valence-electron chi connectivity index (χ2n) is 5.66. The molecule has 0 bridgehead atoms. The van der Waals surface area contributed by atoms with Crippen LogP contribution in [-0.2, 0) is 6.42 Å². The molecule has 0 aliphatic carbocycles. The average molecular weight is 295 g/mol. The van der Waals surface area contributed by atoms with Gasteiger partial charge in [0.2, 0.25) is 0 Å². The molecule has 0 saturated carbocycles. The van der Waals surface area contributed by atoms with Crippen molar-refractivity contribution >= 4 is 21.4 Å². The molecule has 1 unspecified atom stereocenters. The minimum Gasteiger partial charge on any atom is -0.313 e. The van der Waals surface area contributed by atoms with Crippen LogP contribution in [0.4, 0.5) is 0 Å². The molecular weight excluding hydrogens is 274 g/mol. The molecule has 0 fully saturated rings. The van der Waals surface area contributed by atoms with Crippen molar-refractivity contribution in [3.63, 3.8) is 0 Å². The molecule has 0 saturated heterocycles. The van der Waals surface area contributed by atoms with E-state index in [9.17, 15) is 0 Å². The number of nitrogens with one attached hydrogen (secondary N) is 1. The van der Waals surface area contributed by atoms with Gasteiger partial charge in [0.05, 0.1) is 0 Å². The second-order valence-corrected chi connectivity index (χ2v) is 6.57. The summed E-state index contributed by atoms with van der Waals surface area (Å²) < 4.78 is 1.37. The lowest BCUT2D eigenvalue weighted by Crippen LogP contribution is -2.19. The molecule has 3 aromatic rings. The fourth-order valence-corrected chi connectivity index (χ4v) is 3.89. The van der Waals surface area contributed by atoms with Crippen LogP contribution in [-0.4, -0.2) is 7.05 Å². The van der Waals surface area contributed by atoms with Crippen molar-refractivity contribution in [3.05, 3.63) is 70.1 Å². The van der Waals surface area contributed by atoms with Gasteiger partial charge < -0.3 is 5.32 Å². The van der Waals surface area contributed by atoms with Crippen LogP contribution < -0.4 is 5.32 Å². The zero-order valence-electron chi connectivity index (χ0n) is 12.8. The van der Waals surface area contributed by atoms with E-state index in [1.807, 2.05) is 11.3 Å². The monoisotopic (exact) mass is 295 g/mol. The first kappa shape index (κ1) is 14.3. The van der Waals surface area contributed by atoms with Gasteiger partial charge in [0.1, 0.15) is 0 Å². The number of likely N-dealkylation sites (N-methyl/N-ethyl adjacent to an activating group) is 1. The van der Waals surface area contributed by atoms with Crippen LogP contribution in [0.5, 0.6) is 0 Å². The Balaban J connectivity index is 1.97. The SMILES string of the molecule is CNC(Cc1cc(C)ccc1C)c1csc2ccccc12. The quantitative estimate of drug-likeness (QED) is 0.712. The van der Waals surface area contributed by atoms with E-state index in [2.05, 4.69) is 74.1 Å². The van der Waals surface area contributed by atoms with Crippen LogP contribution in [0.3, 0.4) is 0 Å². The van der Waals surface area contributed by atoms with E-state index >= 15 is 0 Å². The Hall–Kier alpha value is -1.64. The van der Waals surface area contributed by atoms with Crippen molar-refractivity contribution in [3.8, 4) is 0 Å². The van der Waals surface area contributed by atoms with Crippen LogP contribution in [0.15, 0.2) is 47.8 Å². The predicted molar refractivity (Wildman–Crippen MR) is 93.2 cm³/mol. The molecule has 0 aliphatic heterocycles. The minimum atomic E-state index is 0.363. The average Bonchev–Trinajstić information content (AvgIpc) is 2.92. The number of thiophene rings is 1. The molecule has 1 heterocycles. The van der Waals surface area contributed by atoms with Gasteiger partial charge in [-0.3, -0.25) is 0 Å². The highest BCUT2D eigenvalue weighted by atomic mass is 32.1. The van der Waals surface area contributed by atoms with Crippen LogP contribution in [0.2, 0.25) is 0 Å². The highest BCUT2D eigenvalue weighted by Gasteiger charge is 2.15. The van der Waals surface area contributed by atoms with Crippen LogP contribution in [0, 0.1) is 13.8 Å². The third kappa shape index (κ3) is 2.87. The number of hydrogen-bond acceptors (Lipinski definition) is 2. The first-order chi connectivity index (χ1) is 10.2. The number of benzene rings is 2. The maximum Gasteiger partial charge on any atom is 0.0373 e. The summed E-state index contributed by atoms with van der Waals surface area (Å²) in [5.74, 6) is 0. The number of aryl methyl sites for hydroxylation is 2. The molecule has 1 nitrogen and oxygen atoms in total. The predicted octanol–water partition coefficient (Wildman–Crippen LogP) is 5.02. The third-order valence-electron chi connectivity index (χ3n) is 4.16. The van der Waals surface area contributed by atoms with Crippen molar-refractivity contribution in [1.82, 2.24) is 5.32 Å². The second kappa shape index (κ2) is 6.00. The van der Waals surface area contributed by atoms with Crippen LogP contribution in [0.1, 0.15) is 28.3 Å². The summed E-state index contributed by atoms with van der Waals surface area (Å²) in [5.41, 5.74) is 5.56. The summed E-state index contributed by atoms with van der Waals surface area (Å²) >= 11 is 1.84. The fraction of sp³-hybridized carbons (Fsp3) is 0.263. The van der Waals surface area contributed by atoms with Gasteiger partial charge in [0.15, 0.2) is 0 Å². The van der Waals surface area contributed by atoms with E-state index < -0.39 is 0 Å². The summed E-state index contributed by atoms with van der Waals surface area (Å²) in [6.45, 7) is 4.37. The Kier molecular flexibility index (Phi) is 4.09. The standard InChI is InChI=1S/C19H21NS/c1-13-8-9-14(2)15(10-13)11-18(20-3)17-12-21-19-7-5-4-6-16(17)19/h4-10,12,18,20H,11H2,1-3H3. The smallest absolute Gasteiger partial charge is 0.0373 e. The lowest BCUT2D eigenvalue weighted by Gasteiger charge is -2.18. The maximum absolute atomic E-state index is 3.50. The van der Waals surface area contributed by atoms with Gasteiger partial charge in [-0.05, 0) is 60.8 Å². The van der Waals surface area contributed by atoms with Crippen molar-refractivity contribution in [2.75, 3.05) is 7.05 Å². The van der Waals surface area contributed by atoms with Gasteiger partial charge in [-0.2, -0.15) is 0 Å². The maximum atomic E-state index is 3.50. The highest BCUT2D eigenvalue weighted by Crippen LogP contribution is 2.32. The molecule has 2 heteroatoms. The van der Waals surface area contributed by atoms with Crippen molar-refractivity contribution in [1.29, 1.82) is 0 Å². The molecule has 21 heavy (non-hydrogen) atoms. The van der Waals surface area contributed by atoms with Crippen molar-refractivity contribution < 1.29 is 0 Å². The normalized spacial score (nSPS) is 12.7. The molecule has 1 N–H and O–H groups in total. The van der Waals surface area contributed by atoms with Gasteiger partial charge in [0, 0.05) is 10.7 Å². The number of hydrogen-bond donors (Lipinski definition) is 1. The Morgan fingerprint density at radius 3 is 2.71 bits per heavy atom. The largest absolute Gasteiger partial charge is 0.313 e. The molecular formula is C19H21NS. The van der Waals surface area contributed by atoms with Gasteiger partial charge in [0.25, 0.3) is 0 Å². The third-order valence-corrected chi connectivity index (χ3v) is 5.15. The van der Waals surface area contributed by atoms with Gasteiger partial charge >= 0.3 is 0 Å². The Bertz CT molecular complexity index is 757. The summed E-state index contributed by atoms with van der Waals surface area (Å²) in [5, 5.41) is 7.18. The molecule has 0 amide bonds. The zero-order chi connectivity index (χ0) is 14.8. The summed E-state index contributed by atoms with van der Waals surface area (Å²) in [7, 11) is 2.06. The first-order valence-electron chi connectivity index (χ1n) is 7.38. The van der Waals surface area contributed by atoms with Crippen molar-refractivity contribution in [2.24, 2.45) is 0 Å². The highest BCUT2D eigenvalue weighted by molar-refractivity contribution is 7.17. The van der Waals surface area contributed by atoms with Gasteiger partial charge in [-0.15, -0.1) is 11.3 Å². The zero-order valence-corrected chi connectivity index (χ0v) is 13.6.